The Hall–Kier alpha value is -2.23. The second kappa shape index (κ2) is 6.71. The third kappa shape index (κ3) is 3.81. The van der Waals surface area contributed by atoms with Crippen molar-refractivity contribution < 1.29 is 13.2 Å². The Morgan fingerprint density at radius 1 is 1.21 bits per heavy atom. The number of hydrogen-bond acceptors (Lipinski definition) is 6. The highest BCUT2D eigenvalue weighted by Crippen LogP contribution is 2.29. The molecule has 0 aliphatic carbocycles. The van der Waals surface area contributed by atoms with Crippen LogP contribution >= 0.6 is 0 Å². The van der Waals surface area contributed by atoms with Crippen molar-refractivity contribution in [2.45, 2.75) is 25.2 Å². The minimum Gasteiger partial charge on any atom is -0.355 e. The summed E-state index contributed by atoms with van der Waals surface area (Å²) < 4.78 is 38.3. The maximum Gasteiger partial charge on any atom is 0.433 e. The first kappa shape index (κ1) is 16.6. The summed E-state index contributed by atoms with van der Waals surface area (Å²) in [5, 5.41) is 8.11. The van der Waals surface area contributed by atoms with E-state index in [1.165, 1.54) is 0 Å². The van der Waals surface area contributed by atoms with Crippen molar-refractivity contribution in [3.63, 3.8) is 0 Å². The fourth-order valence-electron chi connectivity index (χ4n) is 2.80. The second-order valence-electron chi connectivity index (χ2n) is 5.74. The lowest BCUT2D eigenvalue weighted by atomic mass is 10.2. The Kier molecular flexibility index (Phi) is 4.65. The summed E-state index contributed by atoms with van der Waals surface area (Å²) in [6.07, 6.45) is 0.637. The van der Waals surface area contributed by atoms with Crippen molar-refractivity contribution in [3.05, 3.63) is 30.5 Å². The number of nitrogens with zero attached hydrogens (tertiary/aromatic N) is 7. The van der Waals surface area contributed by atoms with Gasteiger partial charge in [0.05, 0.1) is 18.9 Å². The number of halogens is 3. The Morgan fingerprint density at radius 2 is 1.96 bits per heavy atom. The Morgan fingerprint density at radius 3 is 2.67 bits per heavy atom. The third-order valence-corrected chi connectivity index (χ3v) is 4.18. The molecule has 1 fully saturated rings. The normalized spacial score (nSPS) is 18.9. The predicted molar refractivity (Wildman–Crippen MR) is 80.3 cm³/mol. The lowest BCUT2D eigenvalue weighted by Crippen LogP contribution is -2.36. The second-order valence-corrected chi connectivity index (χ2v) is 5.74. The smallest absolute Gasteiger partial charge is 0.355 e. The molecule has 3 heterocycles. The van der Waals surface area contributed by atoms with Gasteiger partial charge in [0.1, 0.15) is 17.8 Å². The van der Waals surface area contributed by atoms with Gasteiger partial charge in [0, 0.05) is 38.8 Å². The minimum absolute atomic E-state index is 0.117. The van der Waals surface area contributed by atoms with E-state index < -0.39 is 11.9 Å². The SMILES string of the molecule is CN(c1cc(C(F)(F)F)ncn1)C1CCN(CCn2nccn2)C1. The molecule has 1 atom stereocenters. The highest BCUT2D eigenvalue weighted by Gasteiger charge is 2.34. The van der Waals surface area contributed by atoms with Crippen molar-refractivity contribution in [3.8, 4) is 0 Å². The van der Waals surface area contributed by atoms with Crippen molar-refractivity contribution in [1.29, 1.82) is 0 Å². The molecule has 1 saturated heterocycles. The standard InChI is InChI=1S/C14H18F3N7/c1-22(13-8-12(14(15,16)17)18-10-19-13)11-2-5-23(9-11)6-7-24-20-3-4-21-24/h3-4,8,10-11H,2,5-7,9H2,1H3. The van der Waals surface area contributed by atoms with E-state index in [2.05, 4.69) is 25.1 Å². The molecule has 7 nitrogen and oxygen atoms in total. The highest BCUT2D eigenvalue weighted by atomic mass is 19.4. The van der Waals surface area contributed by atoms with Crippen LogP contribution in [0.1, 0.15) is 12.1 Å². The molecule has 2 aromatic heterocycles. The molecule has 0 N–H and O–H groups in total. The molecule has 3 rings (SSSR count). The van der Waals surface area contributed by atoms with Gasteiger partial charge in [-0.05, 0) is 6.42 Å². The monoisotopic (exact) mass is 341 g/mol. The summed E-state index contributed by atoms with van der Waals surface area (Å²) in [4.78, 5) is 12.9. The molecule has 0 bridgehead atoms. The van der Waals surface area contributed by atoms with Gasteiger partial charge in [0.15, 0.2) is 0 Å². The van der Waals surface area contributed by atoms with Crippen LogP contribution in [-0.2, 0) is 12.7 Å². The van der Waals surface area contributed by atoms with Crippen LogP contribution in [-0.4, -0.2) is 62.6 Å². The number of anilines is 1. The first-order valence-corrected chi connectivity index (χ1v) is 7.62. The molecule has 1 aliphatic rings. The molecule has 1 aliphatic heterocycles. The maximum atomic E-state index is 12.8. The average Bonchev–Trinajstić information content (AvgIpc) is 3.23. The molecule has 130 valence electrons. The van der Waals surface area contributed by atoms with Crippen molar-refractivity contribution in [1.82, 2.24) is 29.9 Å². The molecule has 2 aromatic rings. The summed E-state index contributed by atoms with van der Waals surface area (Å²) in [6.45, 7) is 3.14. The molecule has 24 heavy (non-hydrogen) atoms. The predicted octanol–water partition coefficient (Wildman–Crippen LogP) is 1.30. The molecule has 0 saturated carbocycles. The zero-order chi connectivity index (χ0) is 17.2. The van der Waals surface area contributed by atoms with E-state index in [0.717, 1.165) is 38.4 Å². The van der Waals surface area contributed by atoms with E-state index in [1.807, 2.05) is 0 Å². The summed E-state index contributed by atoms with van der Waals surface area (Å²) in [5.41, 5.74) is -0.918. The van der Waals surface area contributed by atoms with Gasteiger partial charge >= 0.3 is 6.18 Å². The van der Waals surface area contributed by atoms with Gasteiger partial charge in [0.2, 0.25) is 0 Å². The van der Waals surface area contributed by atoms with Gasteiger partial charge in [0.25, 0.3) is 0 Å². The van der Waals surface area contributed by atoms with Gasteiger partial charge in [-0.25, -0.2) is 9.97 Å². The number of likely N-dealkylation sites (tertiary alicyclic amines) is 1. The fourth-order valence-corrected chi connectivity index (χ4v) is 2.80. The van der Waals surface area contributed by atoms with E-state index >= 15 is 0 Å². The molecule has 10 heteroatoms. The number of likely N-dealkylation sites (N-methyl/N-ethyl adjacent to an activating group) is 1. The van der Waals surface area contributed by atoms with Gasteiger partial charge in [-0.15, -0.1) is 0 Å². The van der Waals surface area contributed by atoms with Crippen LogP contribution in [0.2, 0.25) is 0 Å². The first-order chi connectivity index (χ1) is 11.4. The van der Waals surface area contributed by atoms with Crippen LogP contribution in [0.15, 0.2) is 24.8 Å². The summed E-state index contributed by atoms with van der Waals surface area (Å²) in [5.74, 6) is 0.290. The minimum atomic E-state index is -4.46. The Bertz CT molecular complexity index is 659. The largest absolute Gasteiger partial charge is 0.433 e. The van der Waals surface area contributed by atoms with E-state index in [9.17, 15) is 13.2 Å². The van der Waals surface area contributed by atoms with Gasteiger partial charge in [-0.1, -0.05) is 0 Å². The maximum absolute atomic E-state index is 12.8. The first-order valence-electron chi connectivity index (χ1n) is 7.62. The highest BCUT2D eigenvalue weighted by molar-refractivity contribution is 5.40. The number of alkyl halides is 3. The van der Waals surface area contributed by atoms with E-state index in [1.54, 1.807) is 29.1 Å². The number of aromatic nitrogens is 5. The fraction of sp³-hybridized carbons (Fsp3) is 0.571. The Balaban J connectivity index is 1.59. The molecule has 0 amide bonds. The topological polar surface area (TPSA) is 63.0 Å². The molecule has 0 radical (unpaired) electrons. The van der Waals surface area contributed by atoms with Crippen molar-refractivity contribution in [2.75, 3.05) is 31.6 Å². The van der Waals surface area contributed by atoms with Crippen LogP contribution in [0.4, 0.5) is 19.0 Å². The van der Waals surface area contributed by atoms with Crippen LogP contribution in [0, 0.1) is 0 Å². The van der Waals surface area contributed by atoms with Crippen LogP contribution in [0.25, 0.3) is 0 Å². The molecule has 1 unspecified atom stereocenters. The van der Waals surface area contributed by atoms with Gasteiger partial charge in [-0.3, -0.25) is 4.90 Å². The molecular formula is C14H18F3N7. The van der Waals surface area contributed by atoms with Gasteiger partial charge in [-0.2, -0.15) is 28.2 Å². The Labute approximate surface area is 137 Å². The summed E-state index contributed by atoms with van der Waals surface area (Å²) in [7, 11) is 1.77. The zero-order valence-electron chi connectivity index (χ0n) is 13.2. The van der Waals surface area contributed by atoms with Crippen molar-refractivity contribution in [2.24, 2.45) is 0 Å². The van der Waals surface area contributed by atoms with Gasteiger partial charge < -0.3 is 4.90 Å². The average molecular weight is 341 g/mol. The summed E-state index contributed by atoms with van der Waals surface area (Å²) in [6, 6.07) is 1.11. The lowest BCUT2D eigenvalue weighted by molar-refractivity contribution is -0.141. The number of hydrogen-bond donors (Lipinski definition) is 0. The van der Waals surface area contributed by atoms with Crippen LogP contribution in [0.3, 0.4) is 0 Å². The van der Waals surface area contributed by atoms with E-state index in [-0.39, 0.29) is 11.9 Å². The molecular weight excluding hydrogens is 323 g/mol. The number of rotatable bonds is 5. The molecule has 0 spiro atoms. The van der Waals surface area contributed by atoms with E-state index in [0.29, 0.717) is 6.54 Å². The lowest BCUT2D eigenvalue weighted by Gasteiger charge is -2.26. The van der Waals surface area contributed by atoms with Crippen molar-refractivity contribution >= 4 is 5.82 Å². The molecule has 0 aromatic carbocycles. The summed E-state index contributed by atoms with van der Waals surface area (Å²) >= 11 is 0. The quantitative estimate of drug-likeness (QED) is 0.817. The van der Waals surface area contributed by atoms with Crippen LogP contribution < -0.4 is 4.90 Å². The zero-order valence-corrected chi connectivity index (χ0v) is 13.2. The van der Waals surface area contributed by atoms with Crippen LogP contribution in [0.5, 0.6) is 0 Å². The third-order valence-electron chi connectivity index (χ3n) is 4.18. The van der Waals surface area contributed by atoms with E-state index in [4.69, 9.17) is 0 Å².